The van der Waals surface area contributed by atoms with Crippen LogP contribution >= 0.6 is 0 Å². The van der Waals surface area contributed by atoms with Crippen LogP contribution in [0.5, 0.6) is 0 Å². The Labute approximate surface area is 127 Å². The van der Waals surface area contributed by atoms with Gasteiger partial charge in [-0.15, -0.1) is 0 Å². The molecular weight excluding hydrogens is 288 g/mol. The molecule has 1 aliphatic heterocycles. The van der Waals surface area contributed by atoms with Crippen LogP contribution < -0.4 is 0 Å². The number of benzene rings is 1. The number of piperazine rings is 1. The summed E-state index contributed by atoms with van der Waals surface area (Å²) in [6.45, 7) is 8.93. The summed E-state index contributed by atoms with van der Waals surface area (Å²) in [5.41, 5.74) is 0.747. The summed E-state index contributed by atoms with van der Waals surface area (Å²) in [4.78, 5) is 13.3. The lowest BCUT2D eigenvalue weighted by molar-refractivity contribution is -0.129. The molecule has 0 bridgehead atoms. The minimum atomic E-state index is -3.45. The topological polar surface area (TPSA) is 57.7 Å². The molecule has 0 atom stereocenters. The van der Waals surface area contributed by atoms with Crippen LogP contribution in [0.15, 0.2) is 29.2 Å². The zero-order chi connectivity index (χ0) is 16.0. The number of carbonyl (C=O) groups excluding carboxylic acids is 1. The van der Waals surface area contributed by atoms with Gasteiger partial charge in [0.25, 0.3) is 0 Å². The molecule has 0 aliphatic carbocycles. The van der Waals surface area contributed by atoms with Gasteiger partial charge in [-0.3, -0.25) is 4.79 Å². The molecule has 1 aromatic carbocycles. The first-order chi connectivity index (χ1) is 9.93. The lowest BCUT2D eigenvalue weighted by Gasteiger charge is -2.33. The van der Waals surface area contributed by atoms with Gasteiger partial charge < -0.3 is 4.90 Å². The number of sulfonamides is 1. The third kappa shape index (κ3) is 4.04. The van der Waals surface area contributed by atoms with Crippen LogP contribution in [0.2, 0.25) is 0 Å². The number of amides is 1. The number of carbonyl (C=O) groups is 1. The lowest BCUT2D eigenvalue weighted by atomic mass is 10.2. The maximum Gasteiger partial charge on any atom is 0.243 e. The summed E-state index contributed by atoms with van der Waals surface area (Å²) < 4.78 is 26.5. The van der Waals surface area contributed by atoms with Crippen LogP contribution in [0.1, 0.15) is 26.3 Å². The summed E-state index contributed by atoms with van der Waals surface area (Å²) in [6, 6.07) is 6.97. The van der Waals surface area contributed by atoms with Gasteiger partial charge in [0.15, 0.2) is 0 Å². The van der Waals surface area contributed by atoms with E-state index in [4.69, 9.17) is 0 Å². The fraction of sp³-hybridized carbons (Fsp3) is 0.533. The van der Waals surface area contributed by atoms with Crippen molar-refractivity contribution in [2.45, 2.75) is 32.6 Å². The minimum absolute atomic E-state index is 0.00654. The highest BCUT2D eigenvalue weighted by atomic mass is 32.2. The third-order valence-corrected chi connectivity index (χ3v) is 5.45. The van der Waals surface area contributed by atoms with Crippen molar-refractivity contribution >= 4 is 15.9 Å². The van der Waals surface area contributed by atoms with Gasteiger partial charge in [0, 0.05) is 33.1 Å². The molecule has 6 heteroatoms. The van der Waals surface area contributed by atoms with E-state index in [1.165, 1.54) is 11.2 Å². The summed E-state index contributed by atoms with van der Waals surface area (Å²) >= 11 is 0. The van der Waals surface area contributed by atoms with Gasteiger partial charge in [-0.05, 0) is 18.6 Å². The van der Waals surface area contributed by atoms with Crippen LogP contribution in [0, 0.1) is 6.92 Å². The van der Waals surface area contributed by atoms with Crippen molar-refractivity contribution in [2.75, 3.05) is 26.2 Å². The average Bonchev–Trinajstić information content (AvgIpc) is 2.49. The molecule has 0 saturated carbocycles. The van der Waals surface area contributed by atoms with E-state index in [-0.39, 0.29) is 5.91 Å². The fourth-order valence-corrected chi connectivity index (χ4v) is 3.88. The van der Waals surface area contributed by atoms with E-state index in [0.29, 0.717) is 31.1 Å². The Kier molecular flexibility index (Phi) is 6.36. The molecule has 1 heterocycles. The summed E-state index contributed by atoms with van der Waals surface area (Å²) in [6.07, 6.45) is 0. The smallest absolute Gasteiger partial charge is 0.243 e. The number of rotatable bonds is 2. The van der Waals surface area contributed by atoms with Gasteiger partial charge >= 0.3 is 0 Å². The van der Waals surface area contributed by atoms with Crippen molar-refractivity contribution in [2.24, 2.45) is 0 Å². The molecule has 1 aliphatic rings. The van der Waals surface area contributed by atoms with Crippen molar-refractivity contribution < 1.29 is 13.2 Å². The largest absolute Gasteiger partial charge is 0.340 e. The van der Waals surface area contributed by atoms with E-state index >= 15 is 0 Å². The predicted molar refractivity (Wildman–Crippen MR) is 83.5 cm³/mol. The second-order valence-corrected chi connectivity index (χ2v) is 6.58. The van der Waals surface area contributed by atoms with E-state index in [1.54, 1.807) is 30.0 Å². The molecule has 0 unspecified atom stereocenters. The SMILES string of the molecule is CC.CC(=O)N1CCN(S(=O)(=O)c2ccccc2C)CC1. The molecule has 5 nitrogen and oxygen atoms in total. The normalized spacial score (nSPS) is 16.1. The van der Waals surface area contributed by atoms with E-state index in [1.807, 2.05) is 19.9 Å². The average molecular weight is 312 g/mol. The number of hydrogen-bond acceptors (Lipinski definition) is 3. The van der Waals surface area contributed by atoms with Crippen molar-refractivity contribution in [1.82, 2.24) is 9.21 Å². The van der Waals surface area contributed by atoms with Gasteiger partial charge in [-0.1, -0.05) is 32.0 Å². The quantitative estimate of drug-likeness (QED) is 0.838. The molecule has 118 valence electrons. The van der Waals surface area contributed by atoms with Gasteiger partial charge in [-0.25, -0.2) is 8.42 Å². The Balaban J connectivity index is 0.00000106. The molecule has 0 aromatic heterocycles. The molecule has 0 N–H and O–H groups in total. The molecule has 0 radical (unpaired) electrons. The molecule has 21 heavy (non-hydrogen) atoms. The second-order valence-electron chi connectivity index (χ2n) is 4.68. The van der Waals surface area contributed by atoms with Gasteiger partial charge in [0.1, 0.15) is 0 Å². The maximum absolute atomic E-state index is 12.5. The van der Waals surface area contributed by atoms with Crippen molar-refractivity contribution in [1.29, 1.82) is 0 Å². The molecule has 0 spiro atoms. The summed E-state index contributed by atoms with van der Waals surface area (Å²) in [5.74, 6) is -0.00654. The highest BCUT2D eigenvalue weighted by Crippen LogP contribution is 2.20. The maximum atomic E-state index is 12.5. The van der Waals surface area contributed by atoms with E-state index in [2.05, 4.69) is 0 Å². The molecular formula is C15H24N2O3S. The Morgan fingerprint density at radius 1 is 1.05 bits per heavy atom. The van der Waals surface area contributed by atoms with Gasteiger partial charge in [-0.2, -0.15) is 4.31 Å². The number of hydrogen-bond donors (Lipinski definition) is 0. The standard InChI is InChI=1S/C13H18N2O3S.C2H6/c1-11-5-3-4-6-13(11)19(17,18)15-9-7-14(8-10-15)12(2)16;1-2/h3-6H,7-10H2,1-2H3;1-2H3. The fourth-order valence-electron chi connectivity index (χ4n) is 2.23. The zero-order valence-corrected chi connectivity index (χ0v) is 14.0. The van der Waals surface area contributed by atoms with Crippen molar-refractivity contribution in [3.8, 4) is 0 Å². The summed E-state index contributed by atoms with van der Waals surface area (Å²) in [5, 5.41) is 0. The molecule has 1 aromatic rings. The lowest BCUT2D eigenvalue weighted by Crippen LogP contribution is -2.50. The first kappa shape index (κ1) is 17.7. The second kappa shape index (κ2) is 7.56. The Morgan fingerprint density at radius 2 is 1.57 bits per heavy atom. The van der Waals surface area contributed by atoms with E-state index < -0.39 is 10.0 Å². The predicted octanol–water partition coefficient (Wildman–Crippen LogP) is 1.87. The van der Waals surface area contributed by atoms with Crippen LogP contribution in [-0.4, -0.2) is 49.7 Å². The van der Waals surface area contributed by atoms with E-state index in [9.17, 15) is 13.2 Å². The monoisotopic (exact) mass is 312 g/mol. The van der Waals surface area contributed by atoms with Gasteiger partial charge in [0.2, 0.25) is 15.9 Å². The first-order valence-corrected chi connectivity index (χ1v) is 8.68. The number of aryl methyl sites for hydroxylation is 1. The van der Waals surface area contributed by atoms with Gasteiger partial charge in [0.05, 0.1) is 4.90 Å². The highest BCUT2D eigenvalue weighted by Gasteiger charge is 2.29. The Hall–Kier alpha value is -1.40. The number of nitrogens with zero attached hydrogens (tertiary/aromatic N) is 2. The van der Waals surface area contributed by atoms with Crippen molar-refractivity contribution in [3.63, 3.8) is 0 Å². The first-order valence-electron chi connectivity index (χ1n) is 7.24. The van der Waals surface area contributed by atoms with Crippen LogP contribution in [0.3, 0.4) is 0 Å². The van der Waals surface area contributed by atoms with E-state index in [0.717, 1.165) is 5.56 Å². The summed E-state index contributed by atoms with van der Waals surface area (Å²) in [7, 11) is -3.45. The molecule has 1 saturated heterocycles. The van der Waals surface area contributed by atoms with Crippen molar-refractivity contribution in [3.05, 3.63) is 29.8 Å². The van der Waals surface area contributed by atoms with Crippen LogP contribution in [0.4, 0.5) is 0 Å². The zero-order valence-electron chi connectivity index (χ0n) is 13.2. The van der Waals surface area contributed by atoms with Crippen LogP contribution in [-0.2, 0) is 14.8 Å². The minimum Gasteiger partial charge on any atom is -0.340 e. The Morgan fingerprint density at radius 3 is 2.05 bits per heavy atom. The third-order valence-electron chi connectivity index (χ3n) is 3.40. The highest BCUT2D eigenvalue weighted by molar-refractivity contribution is 7.89. The Bertz CT molecular complexity index is 576. The molecule has 1 amide bonds. The van der Waals surface area contributed by atoms with Crippen LogP contribution in [0.25, 0.3) is 0 Å². The molecule has 2 rings (SSSR count). The molecule has 1 fully saturated rings.